The van der Waals surface area contributed by atoms with E-state index in [1.807, 2.05) is 23.6 Å². The Labute approximate surface area is 172 Å². The van der Waals surface area contributed by atoms with Crippen LogP contribution in [0.15, 0.2) is 35.1 Å². The molecule has 1 aromatic carbocycles. The minimum absolute atomic E-state index is 0.0441. The molecule has 2 aliphatic rings. The van der Waals surface area contributed by atoms with Gasteiger partial charge in [0.05, 0.1) is 18.2 Å². The highest BCUT2D eigenvalue weighted by molar-refractivity contribution is 5.78. The standard InChI is InChI=1S/C22H24F3N3O2/c1-13-8-19(29)26(3)18-12-28(14(2)21(13)18)20(30)9-15-10-27(11-15)17-6-4-16(5-7-17)22(23,24)25/h4-8,14-15H,9-12H2,1-3H3. The summed E-state index contributed by atoms with van der Waals surface area (Å²) in [5, 5.41) is 0. The van der Waals surface area contributed by atoms with Crippen molar-refractivity contribution in [3.63, 3.8) is 0 Å². The van der Waals surface area contributed by atoms with Gasteiger partial charge in [0.15, 0.2) is 0 Å². The molecule has 0 spiro atoms. The summed E-state index contributed by atoms with van der Waals surface area (Å²) in [7, 11) is 1.73. The molecule has 1 saturated heterocycles. The van der Waals surface area contributed by atoms with Crippen molar-refractivity contribution < 1.29 is 18.0 Å². The molecule has 1 atom stereocenters. The molecule has 1 unspecified atom stereocenters. The molecule has 1 amide bonds. The van der Waals surface area contributed by atoms with E-state index >= 15 is 0 Å². The molecule has 1 fully saturated rings. The van der Waals surface area contributed by atoms with Crippen molar-refractivity contribution in [2.75, 3.05) is 18.0 Å². The summed E-state index contributed by atoms with van der Waals surface area (Å²) in [4.78, 5) is 28.8. The largest absolute Gasteiger partial charge is 0.416 e. The lowest BCUT2D eigenvalue weighted by Gasteiger charge is -2.41. The van der Waals surface area contributed by atoms with Crippen LogP contribution >= 0.6 is 0 Å². The smallest absolute Gasteiger partial charge is 0.371 e. The lowest BCUT2D eigenvalue weighted by molar-refractivity contribution is -0.137. The van der Waals surface area contributed by atoms with Crippen LogP contribution in [0, 0.1) is 12.8 Å². The molecule has 2 aliphatic heterocycles. The number of anilines is 1. The molecule has 30 heavy (non-hydrogen) atoms. The van der Waals surface area contributed by atoms with E-state index in [1.165, 1.54) is 12.1 Å². The first kappa shape index (κ1) is 20.5. The third-order valence-corrected chi connectivity index (χ3v) is 6.32. The van der Waals surface area contributed by atoms with Gasteiger partial charge in [-0.2, -0.15) is 13.2 Å². The van der Waals surface area contributed by atoms with Gasteiger partial charge in [0.2, 0.25) is 5.91 Å². The number of carbonyl (C=O) groups excluding carboxylic acids is 1. The number of aromatic nitrogens is 1. The van der Waals surface area contributed by atoms with Crippen LogP contribution in [-0.2, 0) is 24.6 Å². The molecule has 0 radical (unpaired) electrons. The highest BCUT2D eigenvalue weighted by Gasteiger charge is 2.37. The highest BCUT2D eigenvalue weighted by atomic mass is 19.4. The quantitative estimate of drug-likeness (QED) is 0.763. The topological polar surface area (TPSA) is 45.6 Å². The van der Waals surface area contributed by atoms with Crippen LogP contribution in [0.5, 0.6) is 0 Å². The van der Waals surface area contributed by atoms with Crippen molar-refractivity contribution in [2.45, 2.75) is 39.0 Å². The number of hydrogen-bond donors (Lipinski definition) is 0. The number of carbonyl (C=O) groups is 1. The van der Waals surface area contributed by atoms with Gasteiger partial charge in [-0.15, -0.1) is 0 Å². The lowest BCUT2D eigenvalue weighted by atomic mass is 9.94. The summed E-state index contributed by atoms with van der Waals surface area (Å²) in [5.41, 5.74) is 2.85. The van der Waals surface area contributed by atoms with E-state index < -0.39 is 11.7 Å². The molecular formula is C22H24F3N3O2. The Kier molecular flexibility index (Phi) is 4.91. The predicted molar refractivity (Wildman–Crippen MR) is 107 cm³/mol. The average molecular weight is 419 g/mol. The van der Waals surface area contributed by atoms with Crippen LogP contribution in [-0.4, -0.2) is 28.5 Å². The maximum Gasteiger partial charge on any atom is 0.416 e. The van der Waals surface area contributed by atoms with E-state index in [2.05, 4.69) is 0 Å². The first-order valence-electron chi connectivity index (χ1n) is 9.97. The fourth-order valence-electron chi connectivity index (χ4n) is 4.56. The SMILES string of the molecule is Cc1cc(=O)n(C)c2c1C(C)N(C(=O)CC1CN(c3ccc(C(F)(F)F)cc3)C1)C2. The van der Waals surface area contributed by atoms with Gasteiger partial charge < -0.3 is 14.4 Å². The summed E-state index contributed by atoms with van der Waals surface area (Å²) in [5.74, 6) is 0.211. The first-order chi connectivity index (χ1) is 14.1. The molecule has 3 heterocycles. The number of pyridine rings is 1. The number of benzene rings is 1. The van der Waals surface area contributed by atoms with Gasteiger partial charge in [-0.25, -0.2) is 0 Å². The Bertz CT molecular complexity index is 1040. The molecule has 0 bridgehead atoms. The maximum atomic E-state index is 12.9. The number of aryl methyl sites for hydroxylation is 1. The summed E-state index contributed by atoms with van der Waals surface area (Å²) >= 11 is 0. The Balaban J connectivity index is 1.37. The second kappa shape index (κ2) is 7.18. The molecule has 0 saturated carbocycles. The second-order valence-corrected chi connectivity index (χ2v) is 8.30. The first-order valence-corrected chi connectivity index (χ1v) is 9.97. The van der Waals surface area contributed by atoms with Crippen LogP contribution in [0.3, 0.4) is 0 Å². The zero-order chi connectivity index (χ0) is 21.8. The van der Waals surface area contributed by atoms with Gasteiger partial charge in [0, 0.05) is 49.9 Å². The summed E-state index contributed by atoms with van der Waals surface area (Å²) in [6.07, 6.45) is -3.95. The van der Waals surface area contributed by atoms with Gasteiger partial charge >= 0.3 is 6.18 Å². The Morgan fingerprint density at radius 2 is 1.80 bits per heavy atom. The molecule has 1 aromatic heterocycles. The summed E-state index contributed by atoms with van der Waals surface area (Å²) in [6, 6.07) is 6.65. The predicted octanol–water partition coefficient (Wildman–Crippen LogP) is 3.64. The molecule has 4 rings (SSSR count). The van der Waals surface area contributed by atoms with Gasteiger partial charge in [0.25, 0.3) is 5.56 Å². The van der Waals surface area contributed by atoms with Gasteiger partial charge in [0.1, 0.15) is 0 Å². The number of nitrogens with zero attached hydrogens (tertiary/aromatic N) is 3. The van der Waals surface area contributed by atoms with Crippen LogP contribution < -0.4 is 10.5 Å². The number of hydrogen-bond acceptors (Lipinski definition) is 3. The number of alkyl halides is 3. The summed E-state index contributed by atoms with van der Waals surface area (Å²) in [6.45, 7) is 5.60. The second-order valence-electron chi connectivity index (χ2n) is 8.30. The molecule has 2 aromatic rings. The molecule has 0 aliphatic carbocycles. The number of halogens is 3. The summed E-state index contributed by atoms with van der Waals surface area (Å²) < 4.78 is 39.7. The third kappa shape index (κ3) is 3.48. The zero-order valence-electron chi connectivity index (χ0n) is 17.2. The number of amides is 1. The minimum Gasteiger partial charge on any atom is -0.371 e. The minimum atomic E-state index is -4.34. The van der Waals surface area contributed by atoms with Crippen LogP contribution in [0.1, 0.15) is 41.8 Å². The molecule has 160 valence electrons. The van der Waals surface area contributed by atoms with E-state index in [9.17, 15) is 22.8 Å². The van der Waals surface area contributed by atoms with Gasteiger partial charge in [-0.05, 0) is 49.2 Å². The molecule has 0 N–H and O–H groups in total. The van der Waals surface area contributed by atoms with Crippen LogP contribution in [0.4, 0.5) is 18.9 Å². The fraction of sp³-hybridized carbons (Fsp3) is 0.455. The van der Waals surface area contributed by atoms with Gasteiger partial charge in [-0.1, -0.05) is 0 Å². The maximum absolute atomic E-state index is 12.9. The third-order valence-electron chi connectivity index (χ3n) is 6.32. The van der Waals surface area contributed by atoms with Crippen molar-refractivity contribution in [2.24, 2.45) is 13.0 Å². The van der Waals surface area contributed by atoms with E-state index in [1.54, 1.807) is 17.7 Å². The Morgan fingerprint density at radius 3 is 2.40 bits per heavy atom. The van der Waals surface area contributed by atoms with E-state index in [-0.39, 0.29) is 23.4 Å². The van der Waals surface area contributed by atoms with Crippen molar-refractivity contribution in [3.05, 3.63) is 63.1 Å². The lowest BCUT2D eigenvalue weighted by Crippen LogP contribution is -2.48. The highest BCUT2D eigenvalue weighted by Crippen LogP contribution is 2.37. The normalized spacial score (nSPS) is 19.1. The van der Waals surface area contributed by atoms with Crippen LogP contribution in [0.25, 0.3) is 0 Å². The number of rotatable bonds is 3. The molecular weight excluding hydrogens is 395 g/mol. The van der Waals surface area contributed by atoms with Crippen molar-refractivity contribution >= 4 is 11.6 Å². The number of fused-ring (bicyclic) bond motifs is 1. The molecule has 5 nitrogen and oxygen atoms in total. The Hall–Kier alpha value is -2.77. The fourth-order valence-corrected chi connectivity index (χ4v) is 4.56. The van der Waals surface area contributed by atoms with Crippen molar-refractivity contribution in [3.8, 4) is 0 Å². The molecule has 8 heteroatoms. The monoisotopic (exact) mass is 419 g/mol. The van der Waals surface area contributed by atoms with E-state index in [0.717, 1.165) is 34.6 Å². The van der Waals surface area contributed by atoms with Crippen LogP contribution in [0.2, 0.25) is 0 Å². The zero-order valence-corrected chi connectivity index (χ0v) is 17.2. The van der Waals surface area contributed by atoms with E-state index in [0.29, 0.717) is 26.1 Å². The van der Waals surface area contributed by atoms with E-state index in [4.69, 9.17) is 0 Å². The van der Waals surface area contributed by atoms with Crippen molar-refractivity contribution in [1.29, 1.82) is 0 Å². The average Bonchev–Trinajstić information content (AvgIpc) is 3.00. The Morgan fingerprint density at radius 1 is 1.17 bits per heavy atom. The van der Waals surface area contributed by atoms with Crippen molar-refractivity contribution in [1.82, 2.24) is 9.47 Å². The van der Waals surface area contributed by atoms with Gasteiger partial charge in [-0.3, -0.25) is 9.59 Å².